The van der Waals surface area contributed by atoms with Gasteiger partial charge in [0.1, 0.15) is 17.9 Å². The SMILES string of the molecule is O=Cc1cc(F)cc(OCCc2ccccc2)c1. The van der Waals surface area contributed by atoms with Gasteiger partial charge in [-0.3, -0.25) is 4.79 Å². The summed E-state index contributed by atoms with van der Waals surface area (Å²) in [5.41, 5.74) is 1.44. The van der Waals surface area contributed by atoms with Gasteiger partial charge in [0.2, 0.25) is 0 Å². The van der Waals surface area contributed by atoms with E-state index in [4.69, 9.17) is 4.74 Å². The highest BCUT2D eigenvalue weighted by Gasteiger charge is 2.01. The maximum absolute atomic E-state index is 13.1. The molecule has 0 fully saturated rings. The zero-order valence-corrected chi connectivity index (χ0v) is 9.80. The third kappa shape index (κ3) is 3.42. The van der Waals surface area contributed by atoms with E-state index in [1.54, 1.807) is 0 Å². The first-order valence-electron chi connectivity index (χ1n) is 5.70. The third-order valence-electron chi connectivity index (χ3n) is 2.53. The first-order chi connectivity index (χ1) is 8.78. The Kier molecular flexibility index (Phi) is 4.07. The van der Waals surface area contributed by atoms with Crippen molar-refractivity contribution in [1.82, 2.24) is 0 Å². The van der Waals surface area contributed by atoms with Crippen LogP contribution in [0.25, 0.3) is 0 Å². The number of ether oxygens (including phenoxy) is 1. The Hall–Kier alpha value is -2.16. The van der Waals surface area contributed by atoms with Crippen LogP contribution in [0.3, 0.4) is 0 Å². The van der Waals surface area contributed by atoms with Crippen molar-refractivity contribution in [2.75, 3.05) is 6.61 Å². The van der Waals surface area contributed by atoms with E-state index in [9.17, 15) is 9.18 Å². The molecule has 0 bridgehead atoms. The van der Waals surface area contributed by atoms with E-state index in [0.717, 1.165) is 12.0 Å². The molecule has 0 aliphatic rings. The van der Waals surface area contributed by atoms with Crippen molar-refractivity contribution in [2.45, 2.75) is 6.42 Å². The van der Waals surface area contributed by atoms with Crippen LogP contribution in [0.15, 0.2) is 48.5 Å². The zero-order chi connectivity index (χ0) is 12.8. The minimum Gasteiger partial charge on any atom is -0.493 e. The van der Waals surface area contributed by atoms with Crippen molar-refractivity contribution in [1.29, 1.82) is 0 Å². The highest BCUT2D eigenvalue weighted by atomic mass is 19.1. The lowest BCUT2D eigenvalue weighted by molar-refractivity contribution is 0.112. The van der Waals surface area contributed by atoms with Gasteiger partial charge < -0.3 is 4.74 Å². The molecule has 0 unspecified atom stereocenters. The fraction of sp³-hybridized carbons (Fsp3) is 0.133. The summed E-state index contributed by atoms with van der Waals surface area (Å²) < 4.78 is 18.6. The van der Waals surface area contributed by atoms with Crippen LogP contribution in [0.4, 0.5) is 4.39 Å². The number of benzene rings is 2. The average molecular weight is 244 g/mol. The Morgan fingerprint density at radius 1 is 1.11 bits per heavy atom. The van der Waals surface area contributed by atoms with Gasteiger partial charge in [0.05, 0.1) is 6.61 Å². The number of hydrogen-bond donors (Lipinski definition) is 0. The lowest BCUT2D eigenvalue weighted by Crippen LogP contribution is -2.02. The lowest BCUT2D eigenvalue weighted by Gasteiger charge is -2.07. The van der Waals surface area contributed by atoms with Crippen molar-refractivity contribution in [3.8, 4) is 5.75 Å². The molecular formula is C15H13FO2. The maximum Gasteiger partial charge on any atom is 0.150 e. The molecule has 0 aliphatic carbocycles. The fourth-order valence-corrected chi connectivity index (χ4v) is 1.67. The molecule has 0 saturated carbocycles. The quantitative estimate of drug-likeness (QED) is 0.754. The Bertz CT molecular complexity index is 523. The smallest absolute Gasteiger partial charge is 0.150 e. The van der Waals surface area contributed by atoms with Gasteiger partial charge in [0.25, 0.3) is 0 Å². The van der Waals surface area contributed by atoms with E-state index in [2.05, 4.69) is 0 Å². The van der Waals surface area contributed by atoms with Crippen LogP contribution in [0, 0.1) is 5.82 Å². The predicted molar refractivity (Wildman–Crippen MR) is 67.4 cm³/mol. The molecule has 18 heavy (non-hydrogen) atoms. The topological polar surface area (TPSA) is 26.3 Å². The second-order valence-corrected chi connectivity index (χ2v) is 3.92. The van der Waals surface area contributed by atoms with Gasteiger partial charge in [-0.1, -0.05) is 30.3 Å². The molecule has 2 rings (SSSR count). The fourth-order valence-electron chi connectivity index (χ4n) is 1.67. The van der Waals surface area contributed by atoms with Gasteiger partial charge in [0, 0.05) is 18.1 Å². The predicted octanol–water partition coefficient (Wildman–Crippen LogP) is 3.26. The van der Waals surface area contributed by atoms with Crippen LogP contribution in [0.5, 0.6) is 5.75 Å². The molecule has 0 spiro atoms. The van der Waals surface area contributed by atoms with Gasteiger partial charge in [-0.25, -0.2) is 4.39 Å². The Labute approximate surface area is 105 Å². The molecule has 0 radical (unpaired) electrons. The van der Waals surface area contributed by atoms with Crippen LogP contribution in [0.1, 0.15) is 15.9 Å². The maximum atomic E-state index is 13.1. The molecule has 0 aliphatic heterocycles. The van der Waals surface area contributed by atoms with Gasteiger partial charge in [-0.2, -0.15) is 0 Å². The van der Waals surface area contributed by atoms with E-state index in [0.29, 0.717) is 18.6 Å². The van der Waals surface area contributed by atoms with Crippen LogP contribution in [-0.2, 0) is 6.42 Å². The monoisotopic (exact) mass is 244 g/mol. The number of halogens is 1. The standard InChI is InChI=1S/C15H13FO2/c16-14-8-13(11-17)9-15(10-14)18-7-6-12-4-2-1-3-5-12/h1-5,8-11H,6-7H2. The molecule has 2 aromatic carbocycles. The molecule has 0 heterocycles. The largest absolute Gasteiger partial charge is 0.493 e. The normalized spacial score (nSPS) is 10.1. The summed E-state index contributed by atoms with van der Waals surface area (Å²) >= 11 is 0. The number of carbonyl (C=O) groups is 1. The number of hydrogen-bond acceptors (Lipinski definition) is 2. The van der Waals surface area contributed by atoms with Gasteiger partial charge in [-0.05, 0) is 17.7 Å². The number of carbonyl (C=O) groups excluding carboxylic acids is 1. The summed E-state index contributed by atoms with van der Waals surface area (Å²) in [6.45, 7) is 0.450. The van der Waals surface area contributed by atoms with Crippen LogP contribution >= 0.6 is 0 Å². The molecule has 0 amide bonds. The average Bonchev–Trinajstić information content (AvgIpc) is 2.39. The van der Waals surface area contributed by atoms with Crippen molar-refractivity contribution >= 4 is 6.29 Å². The van der Waals surface area contributed by atoms with E-state index < -0.39 is 5.82 Å². The Morgan fingerprint density at radius 3 is 2.61 bits per heavy atom. The molecule has 92 valence electrons. The third-order valence-corrected chi connectivity index (χ3v) is 2.53. The molecule has 2 nitrogen and oxygen atoms in total. The van der Waals surface area contributed by atoms with Crippen molar-refractivity contribution < 1.29 is 13.9 Å². The van der Waals surface area contributed by atoms with Crippen LogP contribution in [0.2, 0.25) is 0 Å². The summed E-state index contributed by atoms with van der Waals surface area (Å²) in [6.07, 6.45) is 1.35. The Morgan fingerprint density at radius 2 is 1.89 bits per heavy atom. The lowest BCUT2D eigenvalue weighted by atomic mass is 10.2. The van der Waals surface area contributed by atoms with E-state index in [1.165, 1.54) is 18.2 Å². The molecule has 0 aromatic heterocycles. The van der Waals surface area contributed by atoms with Gasteiger partial charge >= 0.3 is 0 Å². The second-order valence-electron chi connectivity index (χ2n) is 3.92. The second kappa shape index (κ2) is 5.96. The zero-order valence-electron chi connectivity index (χ0n) is 9.80. The van der Waals surface area contributed by atoms with Crippen molar-refractivity contribution in [2.24, 2.45) is 0 Å². The summed E-state index contributed by atoms with van der Waals surface area (Å²) in [5, 5.41) is 0. The molecular weight excluding hydrogens is 231 g/mol. The summed E-state index contributed by atoms with van der Waals surface area (Å²) in [4.78, 5) is 10.6. The van der Waals surface area contributed by atoms with Gasteiger partial charge in [0.15, 0.2) is 0 Å². The Balaban J connectivity index is 1.94. The first-order valence-corrected chi connectivity index (χ1v) is 5.70. The highest BCUT2D eigenvalue weighted by molar-refractivity contribution is 5.75. The summed E-state index contributed by atoms with van der Waals surface area (Å²) in [7, 11) is 0. The summed E-state index contributed by atoms with van der Waals surface area (Å²) in [6, 6.07) is 13.9. The molecule has 0 saturated heterocycles. The highest BCUT2D eigenvalue weighted by Crippen LogP contribution is 2.15. The first kappa shape index (κ1) is 12.3. The minimum absolute atomic E-state index is 0.282. The minimum atomic E-state index is -0.464. The van der Waals surface area contributed by atoms with Crippen LogP contribution in [-0.4, -0.2) is 12.9 Å². The molecule has 0 atom stereocenters. The molecule has 3 heteroatoms. The van der Waals surface area contributed by atoms with Crippen molar-refractivity contribution in [3.05, 3.63) is 65.5 Å². The molecule has 2 aromatic rings. The number of rotatable bonds is 5. The molecule has 0 N–H and O–H groups in total. The van der Waals surface area contributed by atoms with E-state index >= 15 is 0 Å². The van der Waals surface area contributed by atoms with Gasteiger partial charge in [-0.15, -0.1) is 0 Å². The van der Waals surface area contributed by atoms with E-state index in [-0.39, 0.29) is 5.56 Å². The number of aldehydes is 1. The van der Waals surface area contributed by atoms with Crippen molar-refractivity contribution in [3.63, 3.8) is 0 Å². The van der Waals surface area contributed by atoms with Crippen LogP contribution < -0.4 is 4.74 Å². The summed E-state index contributed by atoms with van der Waals surface area (Å²) in [5.74, 6) is -0.0812. The van der Waals surface area contributed by atoms with E-state index in [1.807, 2.05) is 30.3 Å².